The minimum Gasteiger partial charge on any atom is -0.443 e. The highest BCUT2D eigenvalue weighted by Gasteiger charge is 2.51. The second-order valence-electron chi connectivity index (χ2n) is 9.38. The molecule has 4 fully saturated rings. The van der Waals surface area contributed by atoms with Crippen molar-refractivity contribution in [3.63, 3.8) is 0 Å². The molecule has 0 aromatic heterocycles. The van der Waals surface area contributed by atoms with Crippen molar-refractivity contribution in [3.8, 4) is 0 Å². The Bertz CT molecular complexity index is 542. The summed E-state index contributed by atoms with van der Waals surface area (Å²) in [6.07, 6.45) is 7.08. The van der Waals surface area contributed by atoms with E-state index < -0.39 is 11.7 Å². The van der Waals surface area contributed by atoms with Gasteiger partial charge in [-0.25, -0.2) is 10.2 Å². The fourth-order valence-electron chi connectivity index (χ4n) is 5.32. The van der Waals surface area contributed by atoms with Crippen LogP contribution in [0.1, 0.15) is 72.6 Å². The van der Waals surface area contributed by atoms with Crippen molar-refractivity contribution in [2.24, 2.45) is 22.9 Å². The maximum absolute atomic E-state index is 12.5. The lowest BCUT2D eigenvalue weighted by atomic mass is 9.53. The Morgan fingerprint density at radius 3 is 2.08 bits per heavy atom. The zero-order valence-corrected chi connectivity index (χ0v) is 15.9. The van der Waals surface area contributed by atoms with Crippen LogP contribution < -0.4 is 10.7 Å². The van der Waals surface area contributed by atoms with Crippen LogP contribution in [0.4, 0.5) is 4.79 Å². The number of hydrogen-bond acceptors (Lipinski definition) is 4. The molecule has 0 aromatic rings. The first kappa shape index (κ1) is 18.2. The van der Waals surface area contributed by atoms with Crippen molar-refractivity contribution >= 4 is 17.7 Å². The van der Waals surface area contributed by atoms with E-state index in [1.165, 1.54) is 19.3 Å². The van der Waals surface area contributed by atoms with Crippen molar-refractivity contribution in [3.05, 3.63) is 0 Å². The molecular weight excluding hydrogens is 318 g/mol. The minimum absolute atomic E-state index is 0.00851. The Balaban J connectivity index is 1.49. The van der Waals surface area contributed by atoms with Gasteiger partial charge in [0, 0.05) is 11.3 Å². The van der Waals surface area contributed by atoms with Gasteiger partial charge in [-0.1, -0.05) is 0 Å². The Morgan fingerprint density at radius 2 is 1.60 bits per heavy atom. The number of hydrogen-bond donors (Lipinski definition) is 2. The van der Waals surface area contributed by atoms with Gasteiger partial charge >= 0.3 is 6.09 Å². The highest BCUT2D eigenvalue weighted by molar-refractivity contribution is 6.00. The second kappa shape index (κ2) is 6.61. The number of hydrazone groups is 1. The molecule has 140 valence electrons. The van der Waals surface area contributed by atoms with Crippen LogP contribution >= 0.6 is 0 Å². The van der Waals surface area contributed by atoms with E-state index in [0.29, 0.717) is 5.71 Å². The van der Waals surface area contributed by atoms with Crippen LogP contribution in [0.2, 0.25) is 0 Å². The largest absolute Gasteiger partial charge is 0.443 e. The van der Waals surface area contributed by atoms with Crippen LogP contribution in [0.15, 0.2) is 5.10 Å². The first-order valence-electron chi connectivity index (χ1n) is 9.46. The summed E-state index contributed by atoms with van der Waals surface area (Å²) >= 11 is 0. The first-order valence-corrected chi connectivity index (χ1v) is 9.46. The van der Waals surface area contributed by atoms with Crippen molar-refractivity contribution < 1.29 is 14.3 Å². The lowest BCUT2D eigenvalue weighted by molar-refractivity contribution is -0.125. The molecule has 4 bridgehead atoms. The maximum Gasteiger partial charge on any atom is 0.428 e. The summed E-state index contributed by atoms with van der Waals surface area (Å²) in [6.45, 7) is 7.13. The average Bonchev–Trinajstić information content (AvgIpc) is 2.40. The first-order chi connectivity index (χ1) is 11.6. The van der Waals surface area contributed by atoms with E-state index in [9.17, 15) is 9.59 Å². The quantitative estimate of drug-likeness (QED) is 0.603. The molecule has 0 aromatic carbocycles. The fourth-order valence-corrected chi connectivity index (χ4v) is 5.32. The SMILES string of the molecule is C/C(CC(=O)NC12CC3CC(CC(C3)C1)C2)=N/NC(=O)OC(C)(C)C. The molecule has 0 saturated heterocycles. The lowest BCUT2D eigenvalue weighted by Crippen LogP contribution is -2.60. The van der Waals surface area contributed by atoms with Gasteiger partial charge < -0.3 is 10.1 Å². The molecule has 6 nitrogen and oxygen atoms in total. The maximum atomic E-state index is 12.5. The number of ether oxygens (including phenoxy) is 1. The number of nitrogens with zero attached hydrogens (tertiary/aromatic N) is 1. The van der Waals surface area contributed by atoms with Gasteiger partial charge in [0.25, 0.3) is 0 Å². The summed E-state index contributed by atoms with van der Waals surface area (Å²) < 4.78 is 5.13. The summed E-state index contributed by atoms with van der Waals surface area (Å²) in [5.41, 5.74) is 2.38. The second-order valence-corrected chi connectivity index (χ2v) is 9.38. The van der Waals surface area contributed by atoms with Crippen molar-refractivity contribution in [2.45, 2.75) is 83.8 Å². The smallest absolute Gasteiger partial charge is 0.428 e. The van der Waals surface area contributed by atoms with Gasteiger partial charge in [-0.05, 0) is 84.0 Å². The molecule has 4 saturated carbocycles. The van der Waals surface area contributed by atoms with Crippen LogP contribution in [0.3, 0.4) is 0 Å². The fraction of sp³-hybridized carbons (Fsp3) is 0.842. The molecule has 0 aliphatic heterocycles. The summed E-state index contributed by atoms with van der Waals surface area (Å²) in [7, 11) is 0. The van der Waals surface area contributed by atoms with Crippen LogP contribution in [-0.2, 0) is 9.53 Å². The van der Waals surface area contributed by atoms with E-state index in [0.717, 1.165) is 37.0 Å². The van der Waals surface area contributed by atoms with Gasteiger partial charge in [0.1, 0.15) is 5.60 Å². The van der Waals surface area contributed by atoms with Crippen molar-refractivity contribution in [2.75, 3.05) is 0 Å². The van der Waals surface area contributed by atoms with E-state index in [2.05, 4.69) is 15.8 Å². The predicted molar refractivity (Wildman–Crippen MR) is 96.1 cm³/mol. The van der Waals surface area contributed by atoms with Gasteiger partial charge in [0.2, 0.25) is 5.91 Å². The molecule has 4 aliphatic rings. The van der Waals surface area contributed by atoms with Gasteiger partial charge in [-0.3, -0.25) is 4.79 Å². The predicted octanol–water partition coefficient (Wildman–Crippen LogP) is 3.36. The van der Waals surface area contributed by atoms with Crippen molar-refractivity contribution in [1.82, 2.24) is 10.7 Å². The average molecular weight is 349 g/mol. The Kier molecular flexibility index (Phi) is 4.82. The summed E-state index contributed by atoms with van der Waals surface area (Å²) in [6, 6.07) is 0. The highest BCUT2D eigenvalue weighted by atomic mass is 16.6. The minimum atomic E-state index is -0.603. The number of nitrogens with one attached hydrogen (secondary N) is 2. The third kappa shape index (κ3) is 4.73. The third-order valence-corrected chi connectivity index (χ3v) is 5.60. The van der Waals surface area contributed by atoms with Gasteiger partial charge in [-0.15, -0.1) is 0 Å². The topological polar surface area (TPSA) is 79.8 Å². The van der Waals surface area contributed by atoms with E-state index in [1.807, 2.05) is 0 Å². The van der Waals surface area contributed by atoms with Gasteiger partial charge in [0.15, 0.2) is 0 Å². The molecule has 4 aliphatic carbocycles. The molecule has 0 atom stereocenters. The molecule has 25 heavy (non-hydrogen) atoms. The van der Waals surface area contributed by atoms with Crippen molar-refractivity contribution in [1.29, 1.82) is 0 Å². The van der Waals surface area contributed by atoms with Gasteiger partial charge in [0.05, 0.1) is 6.42 Å². The Morgan fingerprint density at radius 1 is 1.08 bits per heavy atom. The van der Waals surface area contributed by atoms with Crippen LogP contribution in [0.25, 0.3) is 0 Å². The molecule has 0 heterocycles. The molecule has 0 spiro atoms. The van der Waals surface area contributed by atoms with Gasteiger partial charge in [-0.2, -0.15) is 5.10 Å². The molecule has 2 N–H and O–H groups in total. The van der Waals surface area contributed by atoms with E-state index in [4.69, 9.17) is 4.74 Å². The van der Waals surface area contributed by atoms with Crippen LogP contribution in [0.5, 0.6) is 0 Å². The lowest BCUT2D eigenvalue weighted by Gasteiger charge is -2.56. The number of amides is 2. The zero-order valence-electron chi connectivity index (χ0n) is 15.9. The molecule has 0 radical (unpaired) electrons. The summed E-state index contributed by atoms with van der Waals surface area (Å²) in [5.74, 6) is 2.41. The highest BCUT2D eigenvalue weighted by Crippen LogP contribution is 2.55. The summed E-state index contributed by atoms with van der Waals surface area (Å²) in [5, 5.41) is 7.29. The zero-order chi connectivity index (χ0) is 18.2. The Hall–Kier alpha value is -1.59. The van der Waals surface area contributed by atoms with E-state index >= 15 is 0 Å². The monoisotopic (exact) mass is 349 g/mol. The Labute approximate surface area is 150 Å². The van der Waals surface area contributed by atoms with E-state index in [1.54, 1.807) is 27.7 Å². The molecular formula is C19H31N3O3. The molecule has 2 amide bonds. The molecule has 6 heteroatoms. The number of rotatable bonds is 4. The summed E-state index contributed by atoms with van der Waals surface area (Å²) in [4.78, 5) is 24.1. The third-order valence-electron chi connectivity index (χ3n) is 5.60. The van der Waals surface area contributed by atoms with E-state index in [-0.39, 0.29) is 17.9 Å². The number of carbonyl (C=O) groups excluding carboxylic acids is 2. The van der Waals surface area contributed by atoms with Crippen LogP contribution in [-0.4, -0.2) is 28.9 Å². The normalized spacial score (nSPS) is 33.9. The van der Waals surface area contributed by atoms with Crippen LogP contribution in [0, 0.1) is 17.8 Å². The molecule has 0 unspecified atom stereocenters. The standard InChI is InChI=1S/C19H31N3O3/c1-12(21-22-17(24)25-18(2,3)4)5-16(23)20-19-9-13-6-14(10-19)8-15(7-13)11-19/h13-15H,5-11H2,1-4H3,(H,20,23)(H,22,24)/b21-12-. The molecule has 4 rings (SSSR count). The number of carbonyl (C=O) groups is 2.